The number of hydrogen-bond donors (Lipinski definition) is 2. The highest BCUT2D eigenvalue weighted by molar-refractivity contribution is 7.93. The highest BCUT2D eigenvalue weighted by Crippen LogP contribution is 2.27. The molecule has 1 aromatic heterocycles. The Morgan fingerprint density at radius 2 is 1.86 bits per heavy atom. The summed E-state index contributed by atoms with van der Waals surface area (Å²) in [5, 5.41) is 5.68. The Kier molecular flexibility index (Phi) is 5.52. The maximum atomic E-state index is 12.6. The lowest BCUT2D eigenvalue weighted by Gasteiger charge is -2.12. The summed E-state index contributed by atoms with van der Waals surface area (Å²) in [6.45, 7) is 0. The molecule has 10 heteroatoms. The molecule has 1 amide bonds. The van der Waals surface area contributed by atoms with Gasteiger partial charge in [-0.15, -0.1) is 11.3 Å². The van der Waals surface area contributed by atoms with Crippen molar-refractivity contribution in [2.75, 3.05) is 4.72 Å². The number of halogens is 2. The Morgan fingerprint density at radius 1 is 1.07 bits per heavy atom. The van der Waals surface area contributed by atoms with Gasteiger partial charge in [-0.2, -0.15) is 0 Å². The average molecular weight is 468 g/mol. The lowest BCUT2D eigenvalue weighted by atomic mass is 10.1. The molecule has 1 heterocycles. The SMILES string of the molecule is O=C(NC1Cc2ccc(S(=O)(=O)Nc3nccs3)cc2C1)c1ccc(Cl)c(Cl)c1. The van der Waals surface area contributed by atoms with Gasteiger partial charge in [-0.25, -0.2) is 13.4 Å². The minimum Gasteiger partial charge on any atom is -0.349 e. The van der Waals surface area contributed by atoms with E-state index in [-0.39, 0.29) is 16.8 Å². The van der Waals surface area contributed by atoms with Crippen LogP contribution < -0.4 is 10.0 Å². The van der Waals surface area contributed by atoms with E-state index in [1.54, 1.807) is 35.7 Å². The second kappa shape index (κ2) is 7.95. The van der Waals surface area contributed by atoms with Crippen molar-refractivity contribution in [3.05, 3.63) is 74.7 Å². The van der Waals surface area contributed by atoms with Crippen LogP contribution in [0.3, 0.4) is 0 Å². The van der Waals surface area contributed by atoms with Gasteiger partial charge in [0, 0.05) is 23.2 Å². The number of hydrogen-bond acceptors (Lipinski definition) is 5. The molecule has 1 aliphatic carbocycles. The van der Waals surface area contributed by atoms with Crippen LogP contribution in [0, 0.1) is 0 Å². The van der Waals surface area contributed by atoms with Gasteiger partial charge in [0.15, 0.2) is 5.13 Å². The molecule has 0 fully saturated rings. The van der Waals surface area contributed by atoms with Gasteiger partial charge in [-0.05, 0) is 54.3 Å². The van der Waals surface area contributed by atoms with E-state index < -0.39 is 10.0 Å². The molecule has 2 aromatic carbocycles. The molecule has 4 rings (SSSR count). The molecule has 0 bridgehead atoms. The van der Waals surface area contributed by atoms with Gasteiger partial charge < -0.3 is 5.32 Å². The second-order valence-electron chi connectivity index (χ2n) is 6.58. The minimum absolute atomic E-state index is 0.128. The lowest BCUT2D eigenvalue weighted by molar-refractivity contribution is 0.0938. The minimum atomic E-state index is -3.71. The first-order chi connectivity index (χ1) is 13.8. The number of carbonyl (C=O) groups is 1. The maximum Gasteiger partial charge on any atom is 0.263 e. The summed E-state index contributed by atoms with van der Waals surface area (Å²) in [5.74, 6) is -0.250. The van der Waals surface area contributed by atoms with Crippen molar-refractivity contribution in [3.8, 4) is 0 Å². The number of anilines is 1. The summed E-state index contributed by atoms with van der Waals surface area (Å²) in [6.07, 6.45) is 2.71. The van der Waals surface area contributed by atoms with Crippen LogP contribution >= 0.6 is 34.5 Å². The Bertz CT molecular complexity index is 1180. The summed E-state index contributed by atoms with van der Waals surface area (Å²) in [5.41, 5.74) is 2.33. The van der Waals surface area contributed by atoms with Crippen LogP contribution in [0.15, 0.2) is 52.9 Å². The van der Waals surface area contributed by atoms with Gasteiger partial charge >= 0.3 is 0 Å². The van der Waals surface area contributed by atoms with Crippen molar-refractivity contribution >= 4 is 55.6 Å². The standard InChI is InChI=1S/C19H15Cl2N3O3S2/c20-16-4-2-12(10-17(16)21)18(25)23-14-7-11-1-3-15(9-13(11)8-14)29(26,27)24-19-22-5-6-28-19/h1-6,9-10,14H,7-8H2,(H,22,24)(H,23,25). The van der Waals surface area contributed by atoms with E-state index in [1.165, 1.54) is 23.6 Å². The molecule has 150 valence electrons. The van der Waals surface area contributed by atoms with Gasteiger partial charge in [0.05, 0.1) is 14.9 Å². The van der Waals surface area contributed by atoms with Crippen LogP contribution in [0.4, 0.5) is 5.13 Å². The van der Waals surface area contributed by atoms with Crippen LogP contribution in [0.1, 0.15) is 21.5 Å². The third kappa shape index (κ3) is 4.40. The van der Waals surface area contributed by atoms with Crippen LogP contribution in [0.2, 0.25) is 10.0 Å². The number of rotatable bonds is 5. The van der Waals surface area contributed by atoms with Crippen LogP contribution in [-0.2, 0) is 22.9 Å². The van der Waals surface area contributed by atoms with Crippen molar-refractivity contribution in [2.45, 2.75) is 23.8 Å². The lowest BCUT2D eigenvalue weighted by Crippen LogP contribution is -2.35. The fraction of sp³-hybridized carbons (Fsp3) is 0.158. The van der Waals surface area contributed by atoms with E-state index >= 15 is 0 Å². The summed E-state index contributed by atoms with van der Waals surface area (Å²) in [4.78, 5) is 16.6. The highest BCUT2D eigenvalue weighted by atomic mass is 35.5. The predicted molar refractivity (Wildman–Crippen MR) is 114 cm³/mol. The van der Waals surface area contributed by atoms with Gasteiger partial charge in [-0.3, -0.25) is 9.52 Å². The van der Waals surface area contributed by atoms with Crippen molar-refractivity contribution in [2.24, 2.45) is 0 Å². The van der Waals surface area contributed by atoms with Crippen LogP contribution in [0.5, 0.6) is 0 Å². The molecule has 1 unspecified atom stereocenters. The molecular formula is C19H15Cl2N3O3S2. The summed E-state index contributed by atoms with van der Waals surface area (Å²) in [6, 6.07) is 9.59. The van der Waals surface area contributed by atoms with Crippen molar-refractivity contribution in [1.29, 1.82) is 0 Å². The highest BCUT2D eigenvalue weighted by Gasteiger charge is 2.26. The topological polar surface area (TPSA) is 88.2 Å². The Morgan fingerprint density at radius 3 is 2.59 bits per heavy atom. The zero-order valence-corrected chi connectivity index (χ0v) is 18.0. The van der Waals surface area contributed by atoms with Gasteiger partial charge in [0.1, 0.15) is 0 Å². The molecule has 3 aromatic rings. The maximum absolute atomic E-state index is 12.6. The van der Waals surface area contributed by atoms with Gasteiger partial charge in [0.25, 0.3) is 15.9 Å². The summed E-state index contributed by atoms with van der Waals surface area (Å²) < 4.78 is 27.6. The number of carbonyl (C=O) groups excluding carboxylic acids is 1. The number of benzene rings is 2. The van der Waals surface area contributed by atoms with Crippen molar-refractivity contribution in [3.63, 3.8) is 0 Å². The van der Waals surface area contributed by atoms with E-state index in [2.05, 4.69) is 15.0 Å². The zero-order valence-electron chi connectivity index (χ0n) is 14.9. The monoisotopic (exact) mass is 467 g/mol. The second-order valence-corrected chi connectivity index (χ2v) is 9.97. The number of nitrogens with one attached hydrogen (secondary N) is 2. The molecule has 1 atom stereocenters. The molecule has 0 spiro atoms. The smallest absolute Gasteiger partial charge is 0.263 e. The molecule has 0 saturated carbocycles. The third-order valence-corrected chi connectivity index (χ3v) is 7.49. The first-order valence-electron chi connectivity index (χ1n) is 8.62. The van der Waals surface area contributed by atoms with Crippen LogP contribution in [-0.4, -0.2) is 25.4 Å². The first kappa shape index (κ1) is 20.2. The number of aromatic nitrogens is 1. The number of amides is 1. The average Bonchev–Trinajstić information content (AvgIpc) is 3.31. The first-order valence-corrected chi connectivity index (χ1v) is 11.7. The largest absolute Gasteiger partial charge is 0.349 e. The van der Waals surface area contributed by atoms with E-state index in [9.17, 15) is 13.2 Å². The molecule has 0 aliphatic heterocycles. The third-order valence-electron chi connectivity index (χ3n) is 4.59. The molecule has 0 radical (unpaired) electrons. The summed E-state index contributed by atoms with van der Waals surface area (Å²) in [7, 11) is -3.71. The Balaban J connectivity index is 1.47. The van der Waals surface area contributed by atoms with Crippen molar-refractivity contribution < 1.29 is 13.2 Å². The normalized spacial score (nSPS) is 15.7. The zero-order chi connectivity index (χ0) is 20.6. The quantitative estimate of drug-likeness (QED) is 0.589. The Labute approximate surface area is 181 Å². The predicted octanol–water partition coefficient (Wildman–Crippen LogP) is 4.15. The Hall–Kier alpha value is -2.13. The fourth-order valence-electron chi connectivity index (χ4n) is 3.22. The molecule has 1 aliphatic rings. The van der Waals surface area contributed by atoms with Crippen molar-refractivity contribution in [1.82, 2.24) is 10.3 Å². The number of sulfonamides is 1. The fourth-order valence-corrected chi connectivity index (χ4v) is 5.35. The number of thiazole rings is 1. The van der Waals surface area contributed by atoms with E-state index in [4.69, 9.17) is 23.2 Å². The molecule has 2 N–H and O–H groups in total. The molecule has 6 nitrogen and oxygen atoms in total. The summed E-state index contributed by atoms with van der Waals surface area (Å²) >= 11 is 13.1. The number of nitrogens with zero attached hydrogens (tertiary/aromatic N) is 1. The number of fused-ring (bicyclic) bond motifs is 1. The van der Waals surface area contributed by atoms with E-state index in [1.807, 2.05) is 0 Å². The molecule has 29 heavy (non-hydrogen) atoms. The van der Waals surface area contributed by atoms with E-state index in [0.29, 0.717) is 33.6 Å². The van der Waals surface area contributed by atoms with Gasteiger partial charge in [0.2, 0.25) is 0 Å². The molecular weight excluding hydrogens is 453 g/mol. The van der Waals surface area contributed by atoms with E-state index in [0.717, 1.165) is 11.1 Å². The molecule has 0 saturated heterocycles. The van der Waals surface area contributed by atoms with Crippen LogP contribution in [0.25, 0.3) is 0 Å². The van der Waals surface area contributed by atoms with Gasteiger partial charge in [-0.1, -0.05) is 29.3 Å².